The van der Waals surface area contributed by atoms with Crippen molar-refractivity contribution in [3.63, 3.8) is 0 Å². The third-order valence-electron chi connectivity index (χ3n) is 5.79. The number of hydrogen-bond acceptors (Lipinski definition) is 6. The van der Waals surface area contributed by atoms with Crippen molar-refractivity contribution in [1.29, 1.82) is 5.26 Å². The van der Waals surface area contributed by atoms with Gasteiger partial charge in [-0.25, -0.2) is 9.97 Å². The number of hydrogen-bond donors (Lipinski definition) is 1. The lowest BCUT2D eigenvalue weighted by molar-refractivity contribution is -0.164. The van der Waals surface area contributed by atoms with Gasteiger partial charge in [-0.3, -0.25) is 4.79 Å². The number of amides is 1. The Morgan fingerprint density at radius 3 is 2.40 bits per heavy atom. The summed E-state index contributed by atoms with van der Waals surface area (Å²) in [6.07, 6.45) is 2.93. The predicted octanol–water partition coefficient (Wildman–Crippen LogP) is 3.67. The molecule has 7 heteroatoms. The fourth-order valence-corrected chi connectivity index (χ4v) is 4.60. The summed E-state index contributed by atoms with van der Waals surface area (Å²) in [5, 5.41) is 12.4. The smallest absolute Gasteiger partial charge is 0.254 e. The number of rotatable bonds is 6. The van der Waals surface area contributed by atoms with E-state index >= 15 is 0 Å². The Kier molecular flexibility index (Phi) is 5.71. The fourth-order valence-electron chi connectivity index (χ4n) is 4.60. The van der Waals surface area contributed by atoms with Crippen molar-refractivity contribution in [2.75, 3.05) is 6.61 Å². The van der Waals surface area contributed by atoms with E-state index in [-0.39, 0.29) is 28.9 Å². The predicted molar refractivity (Wildman–Crippen MR) is 112 cm³/mol. The van der Waals surface area contributed by atoms with Crippen molar-refractivity contribution in [2.45, 2.75) is 53.7 Å². The number of benzene rings is 1. The van der Waals surface area contributed by atoms with E-state index in [1.54, 1.807) is 25.1 Å². The number of nitriles is 1. The first-order valence-corrected chi connectivity index (χ1v) is 10.0. The maximum atomic E-state index is 12.7. The van der Waals surface area contributed by atoms with Gasteiger partial charge in [-0.05, 0) is 26.0 Å². The van der Waals surface area contributed by atoms with E-state index in [0.717, 1.165) is 0 Å². The van der Waals surface area contributed by atoms with E-state index in [0.29, 0.717) is 35.1 Å². The molecule has 1 aliphatic carbocycles. The molecule has 0 radical (unpaired) electrons. The zero-order valence-electron chi connectivity index (χ0n) is 18.3. The first-order chi connectivity index (χ1) is 14.1. The highest BCUT2D eigenvalue weighted by molar-refractivity contribution is 5.94. The van der Waals surface area contributed by atoms with Gasteiger partial charge in [0.2, 0.25) is 0 Å². The normalized spacial score (nSPS) is 21.1. The summed E-state index contributed by atoms with van der Waals surface area (Å²) in [5.41, 5.74) is 0.279. The van der Waals surface area contributed by atoms with Gasteiger partial charge < -0.3 is 14.8 Å². The van der Waals surface area contributed by atoms with E-state index in [1.807, 2.05) is 6.92 Å². The van der Waals surface area contributed by atoms with Crippen LogP contribution in [-0.4, -0.2) is 34.6 Å². The van der Waals surface area contributed by atoms with E-state index in [4.69, 9.17) is 9.47 Å². The minimum Gasteiger partial charge on any atom is -0.492 e. The van der Waals surface area contributed by atoms with Crippen LogP contribution in [0.2, 0.25) is 0 Å². The summed E-state index contributed by atoms with van der Waals surface area (Å²) in [4.78, 5) is 20.9. The topological polar surface area (TPSA) is 97.1 Å². The Bertz CT molecular complexity index is 961. The summed E-state index contributed by atoms with van der Waals surface area (Å²) in [7, 11) is 0. The SMILES string of the molecule is CCOc1cc(OC2C(C)(C)C(NC(=O)c3cnc(C)nc3)C2(C)C)ccc1C#N. The highest BCUT2D eigenvalue weighted by atomic mass is 16.5. The Morgan fingerprint density at radius 1 is 1.20 bits per heavy atom. The zero-order chi connectivity index (χ0) is 22.1. The third-order valence-corrected chi connectivity index (χ3v) is 5.79. The highest BCUT2D eigenvalue weighted by Crippen LogP contribution is 2.55. The maximum absolute atomic E-state index is 12.7. The molecule has 158 valence electrons. The van der Waals surface area contributed by atoms with Crippen LogP contribution in [0.1, 0.15) is 56.4 Å². The third kappa shape index (κ3) is 3.82. The molecule has 0 spiro atoms. The molecule has 30 heavy (non-hydrogen) atoms. The van der Waals surface area contributed by atoms with Gasteiger partial charge in [0.1, 0.15) is 29.5 Å². The largest absolute Gasteiger partial charge is 0.492 e. The lowest BCUT2D eigenvalue weighted by atomic mass is 9.49. The van der Waals surface area contributed by atoms with Crippen LogP contribution in [0.5, 0.6) is 11.5 Å². The van der Waals surface area contributed by atoms with E-state index < -0.39 is 0 Å². The lowest BCUT2D eigenvalue weighted by Gasteiger charge is -2.63. The van der Waals surface area contributed by atoms with Gasteiger partial charge in [-0.15, -0.1) is 0 Å². The van der Waals surface area contributed by atoms with Crippen molar-refractivity contribution in [3.8, 4) is 17.6 Å². The molecule has 1 N–H and O–H groups in total. The molecular formula is C23H28N4O3. The Labute approximate surface area is 177 Å². The fraction of sp³-hybridized carbons (Fsp3) is 0.478. The minimum absolute atomic E-state index is 0.103. The van der Waals surface area contributed by atoms with Crippen molar-refractivity contribution in [2.24, 2.45) is 10.8 Å². The Morgan fingerprint density at radius 2 is 1.83 bits per heavy atom. The first-order valence-electron chi connectivity index (χ1n) is 10.0. The molecule has 1 aromatic heterocycles. The Hall–Kier alpha value is -3.14. The van der Waals surface area contributed by atoms with Crippen LogP contribution >= 0.6 is 0 Å². The molecule has 1 heterocycles. The molecule has 1 amide bonds. The van der Waals surface area contributed by atoms with Crippen LogP contribution in [-0.2, 0) is 0 Å². The van der Waals surface area contributed by atoms with Gasteiger partial charge in [0.25, 0.3) is 5.91 Å². The number of carbonyl (C=O) groups excluding carboxylic acids is 1. The van der Waals surface area contributed by atoms with E-state index in [9.17, 15) is 10.1 Å². The van der Waals surface area contributed by atoms with Gasteiger partial charge >= 0.3 is 0 Å². The Balaban J connectivity index is 1.77. The van der Waals surface area contributed by atoms with Gasteiger partial charge in [0.05, 0.1) is 17.7 Å². The first kappa shape index (κ1) is 21.6. The van der Waals surface area contributed by atoms with Gasteiger partial charge in [-0.2, -0.15) is 5.26 Å². The molecule has 2 aromatic rings. The number of aromatic nitrogens is 2. The molecule has 0 unspecified atom stereocenters. The van der Waals surface area contributed by atoms with Gasteiger partial charge in [0.15, 0.2) is 0 Å². The van der Waals surface area contributed by atoms with Gasteiger partial charge in [0, 0.05) is 35.3 Å². The van der Waals surface area contributed by atoms with E-state index in [2.05, 4.69) is 49.0 Å². The molecule has 7 nitrogen and oxygen atoms in total. The molecule has 3 rings (SSSR count). The number of aryl methyl sites for hydroxylation is 1. The molecule has 1 saturated carbocycles. The monoisotopic (exact) mass is 408 g/mol. The standard InChI is InChI=1S/C23H28N4O3/c1-7-29-18-10-17(9-8-15(18)11-24)30-21-22(3,4)20(23(21,5)6)27-19(28)16-12-25-14(2)26-13-16/h8-10,12-13,20-21H,7H2,1-6H3,(H,27,28). The minimum atomic E-state index is -0.315. The van der Waals surface area contributed by atoms with Crippen molar-refractivity contribution in [1.82, 2.24) is 15.3 Å². The zero-order valence-corrected chi connectivity index (χ0v) is 18.3. The molecule has 0 atom stereocenters. The second-order valence-corrected chi connectivity index (χ2v) is 8.77. The maximum Gasteiger partial charge on any atom is 0.254 e. The summed E-state index contributed by atoms with van der Waals surface area (Å²) in [5.74, 6) is 1.58. The van der Waals surface area contributed by atoms with Crippen LogP contribution in [0.25, 0.3) is 0 Å². The van der Waals surface area contributed by atoms with Crippen LogP contribution in [0.15, 0.2) is 30.6 Å². The molecule has 0 saturated heterocycles. The number of nitrogens with one attached hydrogen (secondary N) is 1. The molecule has 0 bridgehead atoms. The average molecular weight is 409 g/mol. The number of ether oxygens (including phenoxy) is 2. The average Bonchev–Trinajstić information content (AvgIpc) is 2.70. The van der Waals surface area contributed by atoms with Crippen molar-refractivity contribution < 1.29 is 14.3 Å². The summed E-state index contributed by atoms with van der Waals surface area (Å²) in [6, 6.07) is 7.27. The summed E-state index contributed by atoms with van der Waals surface area (Å²) >= 11 is 0. The summed E-state index contributed by atoms with van der Waals surface area (Å²) in [6.45, 7) is 12.4. The quantitative estimate of drug-likeness (QED) is 0.783. The van der Waals surface area contributed by atoms with Crippen molar-refractivity contribution >= 4 is 5.91 Å². The van der Waals surface area contributed by atoms with Gasteiger partial charge in [-0.1, -0.05) is 27.7 Å². The van der Waals surface area contributed by atoms with Crippen molar-refractivity contribution in [3.05, 3.63) is 47.5 Å². The molecule has 1 aromatic carbocycles. The molecular weight excluding hydrogens is 380 g/mol. The highest BCUT2D eigenvalue weighted by Gasteiger charge is 2.64. The molecule has 0 aliphatic heterocycles. The second kappa shape index (κ2) is 7.94. The van der Waals surface area contributed by atoms with Crippen LogP contribution in [0.4, 0.5) is 0 Å². The second-order valence-electron chi connectivity index (χ2n) is 8.77. The van der Waals surface area contributed by atoms with Crippen LogP contribution < -0.4 is 14.8 Å². The lowest BCUT2D eigenvalue weighted by Crippen LogP contribution is -2.74. The number of nitrogens with zero attached hydrogens (tertiary/aromatic N) is 3. The number of carbonyl (C=O) groups is 1. The summed E-state index contributed by atoms with van der Waals surface area (Å²) < 4.78 is 11.9. The molecule has 1 aliphatic rings. The van der Waals surface area contributed by atoms with Crippen LogP contribution in [0.3, 0.4) is 0 Å². The van der Waals surface area contributed by atoms with E-state index in [1.165, 1.54) is 12.4 Å². The van der Waals surface area contributed by atoms with Crippen LogP contribution in [0, 0.1) is 29.1 Å². The molecule has 1 fully saturated rings.